The Morgan fingerprint density at radius 2 is 2.36 bits per heavy atom. The zero-order chi connectivity index (χ0) is 7.84. The Labute approximate surface area is 68.0 Å². The summed E-state index contributed by atoms with van der Waals surface area (Å²) in [4.78, 5) is 0. The summed E-state index contributed by atoms with van der Waals surface area (Å²) in [6.07, 6.45) is 1.08. The molecule has 2 rings (SSSR count). The second-order valence-corrected chi connectivity index (χ2v) is 3.06. The first-order valence-corrected chi connectivity index (χ1v) is 4.01. The van der Waals surface area contributed by atoms with Gasteiger partial charge in [0.1, 0.15) is 0 Å². The zero-order valence-electron chi connectivity index (χ0n) is 7.02. The molecule has 0 atom stereocenters. The van der Waals surface area contributed by atoms with Crippen molar-refractivity contribution in [1.29, 1.82) is 0 Å². The normalized spacial score (nSPS) is 16.4. The third-order valence-electron chi connectivity index (χ3n) is 2.38. The highest BCUT2D eigenvalue weighted by Gasteiger charge is 2.14. The van der Waals surface area contributed by atoms with Crippen molar-refractivity contribution in [2.75, 3.05) is 6.54 Å². The first kappa shape index (κ1) is 6.98. The Bertz CT molecular complexity index is 282. The van der Waals surface area contributed by atoms with Crippen molar-refractivity contribution in [1.82, 2.24) is 15.0 Å². The number of nitrogens with zero attached hydrogens (tertiary/aromatic N) is 2. The molecule has 1 aliphatic rings. The van der Waals surface area contributed by atoms with Gasteiger partial charge in [0.2, 0.25) is 7.98 Å². The number of rotatable bonds is 0. The molecule has 0 amide bonds. The van der Waals surface area contributed by atoms with Crippen molar-refractivity contribution in [2.45, 2.75) is 13.0 Å². The number of fused-ring (bicyclic) bond motifs is 1. The van der Waals surface area contributed by atoms with Gasteiger partial charge in [0.25, 0.3) is 0 Å². The molecule has 1 N–H and O–H groups in total. The first-order chi connectivity index (χ1) is 5.29. The van der Waals surface area contributed by atoms with Crippen LogP contribution in [-0.2, 0) is 13.0 Å². The van der Waals surface area contributed by atoms with Crippen molar-refractivity contribution < 1.29 is 0 Å². The van der Waals surface area contributed by atoms with Crippen molar-refractivity contribution in [2.24, 2.45) is 0 Å². The van der Waals surface area contributed by atoms with Crippen molar-refractivity contribution >= 4 is 21.4 Å². The molecule has 56 valence electrons. The Hall–Kier alpha value is -0.700. The summed E-state index contributed by atoms with van der Waals surface area (Å²) in [6.45, 7) is 2.07. The minimum atomic E-state index is 0.995. The lowest BCUT2D eigenvalue weighted by Crippen LogP contribution is -2.28. The van der Waals surface area contributed by atoms with Crippen molar-refractivity contribution in [3.05, 3.63) is 11.3 Å². The summed E-state index contributed by atoms with van der Waals surface area (Å²) in [7, 11) is 4.13. The van der Waals surface area contributed by atoms with Gasteiger partial charge in [-0.05, 0) is 11.2 Å². The van der Waals surface area contributed by atoms with E-state index < -0.39 is 0 Å². The van der Waals surface area contributed by atoms with E-state index in [0.29, 0.717) is 0 Å². The largest absolute Gasteiger partial charge is 0.332 e. The lowest BCUT2D eigenvalue weighted by Gasteiger charge is -2.11. The molecule has 0 spiro atoms. The molecule has 11 heavy (non-hydrogen) atoms. The minimum absolute atomic E-state index is 0.995. The smallest absolute Gasteiger partial charge is 0.247 e. The van der Waals surface area contributed by atoms with Crippen LogP contribution in [0.25, 0.3) is 0 Å². The maximum absolute atomic E-state index is 4.43. The molecule has 5 heteroatoms. The van der Waals surface area contributed by atoms with Crippen LogP contribution in [0.15, 0.2) is 0 Å². The molecule has 1 aromatic rings. The highest BCUT2D eigenvalue weighted by Crippen LogP contribution is 2.07. The van der Waals surface area contributed by atoms with E-state index in [1.165, 1.54) is 16.9 Å². The summed E-state index contributed by atoms with van der Waals surface area (Å²) in [5.41, 5.74) is 3.98. The molecular weight excluding hydrogens is 136 g/mol. The highest BCUT2D eigenvalue weighted by atomic mass is 15.2. The fourth-order valence-corrected chi connectivity index (χ4v) is 1.57. The van der Waals surface area contributed by atoms with E-state index in [1.807, 2.05) is 12.6 Å². The number of hydrogen-bond donors (Lipinski definition) is 1. The van der Waals surface area contributed by atoms with Gasteiger partial charge in [-0.2, -0.15) is 5.10 Å². The van der Waals surface area contributed by atoms with Crippen LogP contribution in [-0.4, -0.2) is 32.1 Å². The average Bonchev–Trinajstić information content (AvgIpc) is 2.30. The van der Waals surface area contributed by atoms with Gasteiger partial charge in [0.15, 0.2) is 7.85 Å². The Morgan fingerprint density at radius 1 is 1.55 bits per heavy atom. The highest BCUT2D eigenvalue weighted by molar-refractivity contribution is 6.34. The quantitative estimate of drug-likeness (QED) is 0.401. The predicted molar refractivity (Wildman–Crippen MR) is 49.8 cm³/mol. The standard InChI is InChI=1S/C6H11B2N3/c7-6-4-3-9-2-1-5(4)10-11(6)8/h9H,1-3,7-8H2. The molecule has 0 aliphatic carbocycles. The molecule has 0 unspecified atom stereocenters. The molecule has 0 saturated heterocycles. The summed E-state index contributed by atoms with van der Waals surface area (Å²) in [6, 6.07) is 0. The van der Waals surface area contributed by atoms with E-state index >= 15 is 0 Å². The Kier molecular flexibility index (Phi) is 1.53. The second-order valence-electron chi connectivity index (χ2n) is 3.06. The van der Waals surface area contributed by atoms with Gasteiger partial charge in [-0.3, -0.25) is 0 Å². The molecule has 0 aromatic carbocycles. The fraction of sp³-hybridized carbons (Fsp3) is 0.500. The van der Waals surface area contributed by atoms with E-state index in [1.54, 1.807) is 0 Å². The molecule has 3 nitrogen and oxygen atoms in total. The minimum Gasteiger partial charge on any atom is -0.332 e. The molecular formula is C6H11B2N3. The van der Waals surface area contributed by atoms with Gasteiger partial charge in [-0.15, -0.1) is 0 Å². The van der Waals surface area contributed by atoms with Crippen molar-refractivity contribution in [3.8, 4) is 0 Å². The van der Waals surface area contributed by atoms with Crippen LogP contribution in [0.3, 0.4) is 0 Å². The van der Waals surface area contributed by atoms with E-state index in [9.17, 15) is 0 Å². The maximum Gasteiger partial charge on any atom is 0.247 e. The first-order valence-electron chi connectivity index (χ1n) is 4.01. The van der Waals surface area contributed by atoms with Gasteiger partial charge in [-0.1, -0.05) is 0 Å². The average molecular weight is 147 g/mol. The molecule has 1 aliphatic heterocycles. The lowest BCUT2D eigenvalue weighted by atomic mass is 9.94. The fourth-order valence-electron chi connectivity index (χ4n) is 1.57. The van der Waals surface area contributed by atoms with Gasteiger partial charge in [-0.25, -0.2) is 0 Å². The Morgan fingerprint density at radius 3 is 3.09 bits per heavy atom. The molecule has 0 radical (unpaired) electrons. The van der Waals surface area contributed by atoms with Crippen LogP contribution in [0.5, 0.6) is 0 Å². The summed E-state index contributed by atoms with van der Waals surface area (Å²) in [5.74, 6) is 0. The number of nitrogens with one attached hydrogen (secondary N) is 1. The van der Waals surface area contributed by atoms with Crippen LogP contribution in [0.1, 0.15) is 11.3 Å². The summed E-state index contributed by atoms with van der Waals surface area (Å²) in [5, 5.41) is 7.77. The Balaban J connectivity index is 2.50. The third-order valence-corrected chi connectivity index (χ3v) is 2.38. The lowest BCUT2D eigenvalue weighted by molar-refractivity contribution is 0.637. The van der Waals surface area contributed by atoms with Crippen LogP contribution in [0.2, 0.25) is 0 Å². The van der Waals surface area contributed by atoms with Gasteiger partial charge in [0, 0.05) is 19.5 Å². The van der Waals surface area contributed by atoms with E-state index in [-0.39, 0.29) is 0 Å². The molecule has 0 saturated carbocycles. The van der Waals surface area contributed by atoms with Gasteiger partial charge < -0.3 is 9.91 Å². The topological polar surface area (TPSA) is 29.9 Å². The third kappa shape index (κ3) is 0.997. The van der Waals surface area contributed by atoms with Crippen LogP contribution >= 0.6 is 0 Å². The zero-order valence-corrected chi connectivity index (χ0v) is 7.02. The van der Waals surface area contributed by atoms with E-state index in [4.69, 9.17) is 0 Å². The second kappa shape index (κ2) is 2.41. The van der Waals surface area contributed by atoms with Crippen LogP contribution in [0, 0.1) is 0 Å². The molecule has 0 fully saturated rings. The van der Waals surface area contributed by atoms with E-state index in [2.05, 4.69) is 18.3 Å². The van der Waals surface area contributed by atoms with Gasteiger partial charge >= 0.3 is 0 Å². The summed E-state index contributed by atoms with van der Waals surface area (Å²) >= 11 is 0. The molecule has 2 heterocycles. The van der Waals surface area contributed by atoms with Crippen molar-refractivity contribution in [3.63, 3.8) is 0 Å². The van der Waals surface area contributed by atoms with E-state index in [0.717, 1.165) is 19.5 Å². The van der Waals surface area contributed by atoms with Crippen LogP contribution in [0.4, 0.5) is 0 Å². The van der Waals surface area contributed by atoms with Gasteiger partial charge in [0.05, 0.1) is 5.69 Å². The summed E-state index contributed by atoms with van der Waals surface area (Å²) < 4.78 is 1.97. The SMILES string of the molecule is Bc1c2c(nn1B)CCNC2. The maximum atomic E-state index is 4.43. The van der Waals surface area contributed by atoms with Crippen LogP contribution < -0.4 is 10.9 Å². The monoisotopic (exact) mass is 147 g/mol. The number of aromatic nitrogens is 2. The predicted octanol–water partition coefficient (Wildman–Crippen LogP) is -2.82. The molecule has 0 bridgehead atoms. The number of hydrogen-bond acceptors (Lipinski definition) is 2. The molecule has 1 aromatic heterocycles.